The molecule has 1 heterocycles. The highest BCUT2D eigenvalue weighted by Gasteiger charge is 2.34. The first-order chi connectivity index (χ1) is 9.22. The number of aliphatic hydroxyl groups excluding tert-OH is 1. The molecule has 104 valence electrons. The third kappa shape index (κ3) is 2.10. The molecular weight excluding hydrogens is 236 g/mol. The Labute approximate surface area is 115 Å². The van der Waals surface area contributed by atoms with E-state index in [0.717, 1.165) is 12.8 Å². The van der Waals surface area contributed by atoms with E-state index in [2.05, 4.69) is 36.7 Å². The Bertz CT molecular complexity index is 461. The van der Waals surface area contributed by atoms with E-state index in [4.69, 9.17) is 5.11 Å². The summed E-state index contributed by atoms with van der Waals surface area (Å²) in [5.74, 6) is 1.20. The van der Waals surface area contributed by atoms with Gasteiger partial charge in [-0.05, 0) is 49.7 Å². The first-order valence-electron chi connectivity index (χ1n) is 7.48. The lowest BCUT2D eigenvalue weighted by atomic mass is 9.70. The van der Waals surface area contributed by atoms with Crippen LogP contribution in [0.1, 0.15) is 39.0 Å². The fourth-order valence-corrected chi connectivity index (χ4v) is 3.89. The van der Waals surface area contributed by atoms with Crippen LogP contribution in [-0.4, -0.2) is 23.8 Å². The number of hydrogen-bond donors (Lipinski definition) is 2. The Kier molecular flexibility index (Phi) is 3.40. The second kappa shape index (κ2) is 5.04. The quantitative estimate of drug-likeness (QED) is 0.819. The first kappa shape index (κ1) is 12.8. The molecule has 0 bridgehead atoms. The van der Waals surface area contributed by atoms with Crippen LogP contribution < -0.4 is 5.43 Å². The summed E-state index contributed by atoms with van der Waals surface area (Å²) in [5.41, 5.74) is 9.27. The van der Waals surface area contributed by atoms with Crippen molar-refractivity contribution in [1.29, 1.82) is 0 Å². The summed E-state index contributed by atoms with van der Waals surface area (Å²) in [6, 6.07) is 0. The van der Waals surface area contributed by atoms with Gasteiger partial charge in [0.05, 0.1) is 5.70 Å². The van der Waals surface area contributed by atoms with E-state index in [0.29, 0.717) is 18.4 Å². The van der Waals surface area contributed by atoms with Crippen molar-refractivity contribution in [3.63, 3.8) is 0 Å². The number of aliphatic hydroxyl groups is 1. The summed E-state index contributed by atoms with van der Waals surface area (Å²) in [6.45, 7) is 2.66. The second-order valence-corrected chi connectivity index (χ2v) is 5.97. The number of likely N-dealkylation sites (N-methyl/N-ethyl adjacent to an activating group) is 1. The SMILES string of the molecule is C[C@H]1C2=CNN(C)C2=CC2=C1C(CCCO)CCC2. The van der Waals surface area contributed by atoms with Crippen LogP contribution in [0.3, 0.4) is 0 Å². The molecule has 0 aromatic carbocycles. The van der Waals surface area contributed by atoms with Gasteiger partial charge in [0, 0.05) is 31.3 Å². The van der Waals surface area contributed by atoms with Crippen molar-refractivity contribution in [3.05, 3.63) is 34.7 Å². The largest absolute Gasteiger partial charge is 0.396 e. The van der Waals surface area contributed by atoms with Crippen LogP contribution in [0.5, 0.6) is 0 Å². The van der Waals surface area contributed by atoms with Crippen molar-refractivity contribution in [2.45, 2.75) is 39.0 Å². The predicted octanol–water partition coefficient (Wildman–Crippen LogP) is 2.72. The average molecular weight is 260 g/mol. The van der Waals surface area contributed by atoms with Gasteiger partial charge in [-0.15, -0.1) is 0 Å². The highest BCUT2D eigenvalue weighted by molar-refractivity contribution is 5.51. The van der Waals surface area contributed by atoms with E-state index in [1.54, 1.807) is 11.1 Å². The topological polar surface area (TPSA) is 35.5 Å². The minimum Gasteiger partial charge on any atom is -0.396 e. The summed E-state index contributed by atoms with van der Waals surface area (Å²) in [6.07, 6.45) is 10.4. The summed E-state index contributed by atoms with van der Waals surface area (Å²) >= 11 is 0. The fraction of sp³-hybridized carbons (Fsp3) is 0.625. The number of hydrazine groups is 1. The number of fused-ring (bicyclic) bond motifs is 1. The highest BCUT2D eigenvalue weighted by atomic mass is 16.2. The second-order valence-electron chi connectivity index (χ2n) is 5.97. The van der Waals surface area contributed by atoms with Crippen molar-refractivity contribution in [1.82, 2.24) is 10.4 Å². The number of nitrogens with zero attached hydrogens (tertiary/aromatic N) is 1. The van der Waals surface area contributed by atoms with E-state index in [1.807, 2.05) is 0 Å². The number of hydrogen-bond acceptors (Lipinski definition) is 3. The van der Waals surface area contributed by atoms with Crippen LogP contribution in [-0.2, 0) is 0 Å². The van der Waals surface area contributed by atoms with Gasteiger partial charge in [0.2, 0.25) is 0 Å². The standard InChI is InChI=1S/C16H24N2O/c1-11-14-10-17-18(2)15(14)9-13-6-3-5-12(16(11)13)7-4-8-19/h9-12,17,19H,3-8H2,1-2H3/t11-,12?/m0/s1. The Morgan fingerprint density at radius 2 is 2.32 bits per heavy atom. The molecule has 19 heavy (non-hydrogen) atoms. The van der Waals surface area contributed by atoms with Gasteiger partial charge in [-0.3, -0.25) is 5.01 Å². The summed E-state index contributed by atoms with van der Waals surface area (Å²) < 4.78 is 0. The zero-order valence-electron chi connectivity index (χ0n) is 11.9. The maximum Gasteiger partial charge on any atom is 0.0624 e. The zero-order chi connectivity index (χ0) is 13.4. The Morgan fingerprint density at radius 1 is 1.47 bits per heavy atom. The molecule has 0 saturated carbocycles. The van der Waals surface area contributed by atoms with Gasteiger partial charge in [-0.1, -0.05) is 12.5 Å². The van der Waals surface area contributed by atoms with Crippen LogP contribution in [0.25, 0.3) is 0 Å². The smallest absolute Gasteiger partial charge is 0.0624 e. The van der Waals surface area contributed by atoms with Gasteiger partial charge < -0.3 is 10.5 Å². The lowest BCUT2D eigenvalue weighted by molar-refractivity contribution is 0.269. The third-order valence-electron chi connectivity index (χ3n) is 4.83. The van der Waals surface area contributed by atoms with Gasteiger partial charge in [-0.2, -0.15) is 0 Å². The minimum absolute atomic E-state index is 0.321. The van der Waals surface area contributed by atoms with Crippen LogP contribution in [0, 0.1) is 11.8 Å². The molecule has 0 aromatic heterocycles. The Hall–Kier alpha value is -1.22. The minimum atomic E-state index is 0.321. The highest BCUT2D eigenvalue weighted by Crippen LogP contribution is 2.46. The lowest BCUT2D eigenvalue weighted by Gasteiger charge is -2.36. The molecule has 1 aliphatic heterocycles. The normalized spacial score (nSPS) is 29.5. The monoisotopic (exact) mass is 260 g/mol. The van der Waals surface area contributed by atoms with E-state index < -0.39 is 0 Å². The third-order valence-corrected chi connectivity index (χ3v) is 4.83. The van der Waals surface area contributed by atoms with Crippen LogP contribution in [0.2, 0.25) is 0 Å². The van der Waals surface area contributed by atoms with Gasteiger partial charge in [0.15, 0.2) is 0 Å². The molecule has 2 atom stereocenters. The van der Waals surface area contributed by atoms with E-state index in [-0.39, 0.29) is 0 Å². The molecule has 3 heteroatoms. The van der Waals surface area contributed by atoms with E-state index in [1.165, 1.54) is 30.5 Å². The summed E-state index contributed by atoms with van der Waals surface area (Å²) in [7, 11) is 2.08. The Morgan fingerprint density at radius 3 is 3.11 bits per heavy atom. The molecule has 3 nitrogen and oxygen atoms in total. The first-order valence-corrected chi connectivity index (χ1v) is 7.48. The predicted molar refractivity (Wildman–Crippen MR) is 76.9 cm³/mol. The van der Waals surface area contributed by atoms with Crippen molar-refractivity contribution in [2.24, 2.45) is 11.8 Å². The molecule has 0 spiro atoms. The van der Waals surface area contributed by atoms with E-state index in [9.17, 15) is 0 Å². The number of rotatable bonds is 3. The zero-order valence-corrected chi connectivity index (χ0v) is 11.9. The van der Waals surface area contributed by atoms with Crippen LogP contribution in [0.4, 0.5) is 0 Å². The summed E-state index contributed by atoms with van der Waals surface area (Å²) in [4.78, 5) is 0. The number of nitrogens with one attached hydrogen (secondary N) is 1. The fourth-order valence-electron chi connectivity index (χ4n) is 3.89. The molecule has 3 aliphatic rings. The van der Waals surface area contributed by atoms with Crippen molar-refractivity contribution in [3.8, 4) is 0 Å². The lowest BCUT2D eigenvalue weighted by Crippen LogP contribution is -2.27. The van der Waals surface area contributed by atoms with Crippen molar-refractivity contribution < 1.29 is 5.11 Å². The van der Waals surface area contributed by atoms with Crippen LogP contribution in [0.15, 0.2) is 34.7 Å². The molecule has 2 aliphatic carbocycles. The number of allylic oxidation sites excluding steroid dienone is 4. The molecule has 3 rings (SSSR count). The van der Waals surface area contributed by atoms with Crippen LogP contribution >= 0.6 is 0 Å². The molecule has 0 radical (unpaired) electrons. The summed E-state index contributed by atoms with van der Waals surface area (Å²) in [5, 5.41) is 11.2. The van der Waals surface area contributed by atoms with Gasteiger partial charge in [0.1, 0.15) is 0 Å². The van der Waals surface area contributed by atoms with E-state index >= 15 is 0 Å². The molecule has 0 aromatic rings. The molecule has 0 amide bonds. The molecule has 0 fully saturated rings. The molecular formula is C16H24N2O. The molecule has 0 saturated heterocycles. The maximum atomic E-state index is 9.09. The van der Waals surface area contributed by atoms with Gasteiger partial charge >= 0.3 is 0 Å². The maximum absolute atomic E-state index is 9.09. The Balaban J connectivity index is 1.93. The van der Waals surface area contributed by atoms with Crippen molar-refractivity contribution in [2.75, 3.05) is 13.7 Å². The van der Waals surface area contributed by atoms with Gasteiger partial charge in [-0.25, -0.2) is 0 Å². The average Bonchev–Trinajstić information content (AvgIpc) is 2.78. The molecule has 1 unspecified atom stereocenters. The van der Waals surface area contributed by atoms with Crippen molar-refractivity contribution >= 4 is 0 Å². The van der Waals surface area contributed by atoms with Gasteiger partial charge in [0.25, 0.3) is 0 Å². The molecule has 2 N–H and O–H groups in total.